The number of benzene rings is 1. The van der Waals surface area contributed by atoms with Crippen LogP contribution in [0.25, 0.3) is 11.3 Å². The zero-order valence-electron chi connectivity index (χ0n) is 18.8. The van der Waals surface area contributed by atoms with Gasteiger partial charge in [0.1, 0.15) is 23.6 Å². The topological polar surface area (TPSA) is 140 Å². The number of amides is 2. The number of alkyl halides is 3. The molecular formula is C23H21F4N5O4. The Morgan fingerprint density at radius 3 is 2.33 bits per heavy atom. The van der Waals surface area contributed by atoms with E-state index in [1.54, 1.807) is 6.92 Å². The average molecular weight is 507 g/mol. The molecule has 9 nitrogen and oxygen atoms in total. The van der Waals surface area contributed by atoms with Gasteiger partial charge in [-0.1, -0.05) is 0 Å². The maximum atomic E-state index is 14.2. The maximum Gasteiger partial charge on any atom is 0.424 e. The third-order valence-corrected chi connectivity index (χ3v) is 5.04. The summed E-state index contributed by atoms with van der Waals surface area (Å²) < 4.78 is 61.7. The molecule has 0 spiro atoms. The first-order valence-electron chi connectivity index (χ1n) is 10.5. The van der Waals surface area contributed by atoms with E-state index >= 15 is 0 Å². The fourth-order valence-electron chi connectivity index (χ4n) is 3.29. The van der Waals surface area contributed by atoms with Gasteiger partial charge in [-0.2, -0.15) is 13.2 Å². The zero-order chi connectivity index (χ0) is 26.5. The quantitative estimate of drug-likeness (QED) is 0.378. The van der Waals surface area contributed by atoms with E-state index in [0.29, 0.717) is 0 Å². The first-order chi connectivity index (χ1) is 17.0. The first-order valence-corrected chi connectivity index (χ1v) is 10.5. The summed E-state index contributed by atoms with van der Waals surface area (Å²) in [5, 5.41) is 12.9. The summed E-state index contributed by atoms with van der Waals surface area (Å²) in [4.78, 5) is 35.3. The van der Waals surface area contributed by atoms with Crippen molar-refractivity contribution in [1.82, 2.24) is 20.3 Å². The van der Waals surface area contributed by atoms with Crippen LogP contribution in [0.5, 0.6) is 5.75 Å². The highest BCUT2D eigenvalue weighted by Crippen LogP contribution is 2.42. The van der Waals surface area contributed by atoms with Crippen molar-refractivity contribution in [2.24, 2.45) is 5.73 Å². The molecule has 13 heteroatoms. The Morgan fingerprint density at radius 2 is 1.78 bits per heavy atom. The molecule has 0 aliphatic rings. The highest BCUT2D eigenvalue weighted by Gasteiger charge is 2.56. The fourth-order valence-corrected chi connectivity index (χ4v) is 3.29. The Balaban J connectivity index is 2.16. The normalized spacial score (nSPS) is 13.1. The lowest BCUT2D eigenvalue weighted by Crippen LogP contribution is -2.51. The van der Waals surface area contributed by atoms with Gasteiger partial charge >= 0.3 is 6.18 Å². The molecule has 3 rings (SSSR count). The molecule has 2 aromatic heterocycles. The molecule has 0 radical (unpaired) electrons. The van der Waals surface area contributed by atoms with Crippen LogP contribution in [0.15, 0.2) is 49.1 Å². The van der Waals surface area contributed by atoms with Gasteiger partial charge in [0.05, 0.1) is 30.8 Å². The summed E-state index contributed by atoms with van der Waals surface area (Å²) in [7, 11) is 0. The summed E-state index contributed by atoms with van der Waals surface area (Å²) in [5.41, 5.74) is 0.416. The number of halogens is 4. The Morgan fingerprint density at radius 1 is 1.14 bits per heavy atom. The van der Waals surface area contributed by atoms with Gasteiger partial charge in [0.15, 0.2) is 0 Å². The van der Waals surface area contributed by atoms with Gasteiger partial charge in [0.2, 0.25) is 11.5 Å². The molecule has 0 saturated heterocycles. The molecule has 0 fully saturated rings. The van der Waals surface area contributed by atoms with Gasteiger partial charge in [-0.3, -0.25) is 9.59 Å². The Hall–Kier alpha value is -4.13. The number of carbonyl (C=O) groups is 2. The van der Waals surface area contributed by atoms with E-state index < -0.39 is 48.1 Å². The summed E-state index contributed by atoms with van der Waals surface area (Å²) >= 11 is 0. The number of nitrogens with one attached hydrogen (secondary N) is 1. The summed E-state index contributed by atoms with van der Waals surface area (Å²) in [5.74, 6) is -2.52. The predicted molar refractivity (Wildman–Crippen MR) is 118 cm³/mol. The Kier molecular flexibility index (Phi) is 7.83. The van der Waals surface area contributed by atoms with Crippen molar-refractivity contribution >= 4 is 11.8 Å². The van der Waals surface area contributed by atoms with E-state index in [4.69, 9.17) is 10.5 Å². The molecule has 2 amide bonds. The SMILES string of the molecule is CCOc1c(CC(N)=O)cc([C@@](O)(CNC(=O)c2cncnc2)C(F)(F)F)nc1-c1ccc(F)cc1. The highest BCUT2D eigenvalue weighted by molar-refractivity contribution is 5.93. The number of nitrogens with zero attached hydrogens (tertiary/aromatic N) is 3. The van der Waals surface area contributed by atoms with E-state index in [0.717, 1.165) is 36.9 Å². The molecule has 0 aliphatic heterocycles. The minimum atomic E-state index is -5.32. The Bertz CT molecular complexity index is 1240. The highest BCUT2D eigenvalue weighted by atomic mass is 19.4. The summed E-state index contributed by atoms with van der Waals surface area (Å²) in [6, 6.07) is 5.47. The number of primary amides is 1. The van der Waals surface area contributed by atoms with Crippen LogP contribution in [0.1, 0.15) is 28.5 Å². The molecule has 3 aromatic rings. The number of nitrogens with two attached hydrogens (primary N) is 1. The van der Waals surface area contributed by atoms with Gasteiger partial charge in [-0.05, 0) is 37.3 Å². The molecule has 2 heterocycles. The van der Waals surface area contributed by atoms with Crippen molar-refractivity contribution in [1.29, 1.82) is 0 Å². The van der Waals surface area contributed by atoms with Crippen molar-refractivity contribution in [3.8, 4) is 17.0 Å². The molecule has 0 unspecified atom stereocenters. The van der Waals surface area contributed by atoms with Crippen LogP contribution in [-0.4, -0.2) is 51.2 Å². The van der Waals surface area contributed by atoms with Crippen LogP contribution in [-0.2, 0) is 16.8 Å². The lowest BCUT2D eigenvalue weighted by atomic mass is 9.93. The number of ether oxygens (including phenoxy) is 1. The second kappa shape index (κ2) is 10.6. The Labute approximate surface area is 202 Å². The number of hydrogen-bond acceptors (Lipinski definition) is 7. The van der Waals surface area contributed by atoms with Crippen LogP contribution in [0.3, 0.4) is 0 Å². The largest absolute Gasteiger partial charge is 0.491 e. The van der Waals surface area contributed by atoms with Gasteiger partial charge in [0.25, 0.3) is 5.91 Å². The van der Waals surface area contributed by atoms with E-state index in [2.05, 4.69) is 15.0 Å². The van der Waals surface area contributed by atoms with Crippen molar-refractivity contribution in [3.63, 3.8) is 0 Å². The second-order valence-electron chi connectivity index (χ2n) is 7.60. The first kappa shape index (κ1) is 26.5. The molecular weight excluding hydrogens is 486 g/mol. The van der Waals surface area contributed by atoms with Crippen LogP contribution in [0, 0.1) is 5.82 Å². The number of aromatic nitrogens is 3. The third kappa shape index (κ3) is 5.74. The van der Waals surface area contributed by atoms with Crippen LogP contribution < -0.4 is 15.8 Å². The number of hydrogen-bond donors (Lipinski definition) is 3. The van der Waals surface area contributed by atoms with Crippen molar-refractivity contribution in [2.75, 3.05) is 13.2 Å². The van der Waals surface area contributed by atoms with Gasteiger partial charge in [-0.15, -0.1) is 0 Å². The fraction of sp³-hybridized carbons (Fsp3) is 0.261. The molecule has 0 aliphatic carbocycles. The van der Waals surface area contributed by atoms with Crippen molar-refractivity contribution in [2.45, 2.75) is 25.1 Å². The number of rotatable bonds is 9. The monoisotopic (exact) mass is 507 g/mol. The smallest absolute Gasteiger partial charge is 0.424 e. The maximum absolute atomic E-state index is 14.2. The lowest BCUT2D eigenvalue weighted by molar-refractivity contribution is -0.265. The van der Waals surface area contributed by atoms with E-state index in [1.807, 2.05) is 5.32 Å². The predicted octanol–water partition coefficient (Wildman–Crippen LogP) is 2.28. The van der Waals surface area contributed by atoms with Gasteiger partial charge in [0, 0.05) is 23.5 Å². The molecule has 190 valence electrons. The number of aliphatic hydroxyl groups is 1. The average Bonchev–Trinajstić information content (AvgIpc) is 2.83. The molecule has 36 heavy (non-hydrogen) atoms. The van der Waals surface area contributed by atoms with Crippen molar-refractivity contribution in [3.05, 3.63) is 71.7 Å². The molecule has 0 saturated carbocycles. The summed E-state index contributed by atoms with van der Waals surface area (Å²) in [6.07, 6.45) is -2.56. The van der Waals surface area contributed by atoms with Crippen LogP contribution in [0.4, 0.5) is 17.6 Å². The third-order valence-electron chi connectivity index (χ3n) is 5.04. The lowest BCUT2D eigenvalue weighted by Gasteiger charge is -2.31. The zero-order valence-corrected chi connectivity index (χ0v) is 18.8. The molecule has 0 bridgehead atoms. The van der Waals surface area contributed by atoms with E-state index in [1.165, 1.54) is 12.1 Å². The van der Waals surface area contributed by atoms with Crippen molar-refractivity contribution < 1.29 is 37.0 Å². The minimum Gasteiger partial charge on any atom is -0.491 e. The van der Waals surface area contributed by atoms with Gasteiger partial charge in [-0.25, -0.2) is 19.3 Å². The summed E-state index contributed by atoms with van der Waals surface area (Å²) in [6.45, 7) is 0.328. The molecule has 1 aromatic carbocycles. The second-order valence-corrected chi connectivity index (χ2v) is 7.60. The van der Waals surface area contributed by atoms with Gasteiger partial charge < -0.3 is 20.9 Å². The molecule has 4 N–H and O–H groups in total. The molecule has 1 atom stereocenters. The number of carbonyl (C=O) groups excluding carboxylic acids is 2. The van der Waals surface area contributed by atoms with Crippen LogP contribution in [0.2, 0.25) is 0 Å². The van der Waals surface area contributed by atoms with E-state index in [9.17, 15) is 32.3 Å². The number of pyridine rings is 1. The minimum absolute atomic E-state index is 0.0540. The van der Waals surface area contributed by atoms with Crippen LogP contribution >= 0.6 is 0 Å². The standard InChI is InChI=1S/C23H21F4N5O4/c1-2-36-20-14(8-18(28)33)7-17(32-19(20)13-3-5-16(24)6-4-13)22(35,23(25,26)27)11-31-21(34)15-9-29-12-30-10-15/h3-7,9-10,12,35H,2,8,11H2,1H3,(H2,28,33)(H,31,34)/t22-/m0/s1. The van der Waals surface area contributed by atoms with E-state index in [-0.39, 0.29) is 34.7 Å².